The van der Waals surface area contributed by atoms with Crippen LogP contribution in [0.1, 0.15) is 29.4 Å². The van der Waals surface area contributed by atoms with Crippen molar-refractivity contribution in [2.75, 3.05) is 7.11 Å². The first-order chi connectivity index (χ1) is 15.1. The summed E-state index contributed by atoms with van der Waals surface area (Å²) in [6, 6.07) is 24.9. The number of hydrogen-bond donors (Lipinski definition) is 1. The topological polar surface area (TPSA) is 64.3 Å². The molecule has 4 rings (SSSR count). The Balaban J connectivity index is 1.94. The van der Waals surface area contributed by atoms with E-state index in [0.717, 1.165) is 27.7 Å². The van der Waals surface area contributed by atoms with Gasteiger partial charge in [0.15, 0.2) is 11.4 Å². The molecule has 0 aliphatic carbocycles. The number of ether oxygens (including phenoxy) is 1. The van der Waals surface area contributed by atoms with Gasteiger partial charge in [-0.2, -0.15) is 0 Å². The zero-order valence-corrected chi connectivity index (χ0v) is 17.5. The Hall–Kier alpha value is -3.70. The van der Waals surface area contributed by atoms with Crippen LogP contribution in [-0.2, 0) is 21.7 Å². The Labute approximate surface area is 181 Å². The number of benzene rings is 3. The van der Waals surface area contributed by atoms with E-state index in [0.29, 0.717) is 12.4 Å². The van der Waals surface area contributed by atoms with Gasteiger partial charge in [-0.3, -0.25) is 0 Å². The SMILES string of the molecule is CCn1c(C(O)(c2ccccc2)c2ccccc2)nc2ccc(/C=C/C(=O)OC)cc21. The van der Waals surface area contributed by atoms with E-state index in [4.69, 9.17) is 4.98 Å². The van der Waals surface area contributed by atoms with Gasteiger partial charge in [0.1, 0.15) is 0 Å². The lowest BCUT2D eigenvalue weighted by Crippen LogP contribution is -2.32. The molecule has 156 valence electrons. The van der Waals surface area contributed by atoms with Crippen LogP contribution in [0.15, 0.2) is 84.9 Å². The molecule has 1 heterocycles. The molecule has 0 bridgehead atoms. The summed E-state index contributed by atoms with van der Waals surface area (Å²) < 4.78 is 6.69. The van der Waals surface area contributed by atoms with Crippen molar-refractivity contribution >= 4 is 23.1 Å². The highest BCUT2D eigenvalue weighted by atomic mass is 16.5. The lowest BCUT2D eigenvalue weighted by molar-refractivity contribution is -0.134. The molecule has 4 aromatic rings. The van der Waals surface area contributed by atoms with E-state index in [9.17, 15) is 9.90 Å². The van der Waals surface area contributed by atoms with E-state index >= 15 is 0 Å². The van der Waals surface area contributed by atoms with E-state index in [1.807, 2.05) is 90.4 Å². The molecule has 5 nitrogen and oxygen atoms in total. The summed E-state index contributed by atoms with van der Waals surface area (Å²) in [5.74, 6) is 0.142. The predicted molar refractivity (Wildman–Crippen MR) is 121 cm³/mol. The third-order valence-electron chi connectivity index (χ3n) is 5.41. The van der Waals surface area contributed by atoms with Gasteiger partial charge >= 0.3 is 5.97 Å². The second kappa shape index (κ2) is 8.58. The summed E-state index contributed by atoms with van der Waals surface area (Å²) in [6.45, 7) is 2.65. The third-order valence-corrected chi connectivity index (χ3v) is 5.41. The molecule has 0 saturated carbocycles. The zero-order valence-electron chi connectivity index (χ0n) is 17.5. The number of imidazole rings is 1. The maximum Gasteiger partial charge on any atom is 0.330 e. The van der Waals surface area contributed by atoms with Gasteiger partial charge in [-0.25, -0.2) is 9.78 Å². The molecular weight excluding hydrogens is 388 g/mol. The molecule has 5 heteroatoms. The number of aliphatic hydroxyl groups is 1. The van der Waals surface area contributed by atoms with Crippen molar-refractivity contribution in [3.8, 4) is 0 Å². The molecule has 1 N–H and O–H groups in total. The molecule has 0 atom stereocenters. The van der Waals surface area contributed by atoms with E-state index < -0.39 is 11.6 Å². The summed E-state index contributed by atoms with van der Waals surface area (Å²) in [6.07, 6.45) is 3.09. The smallest absolute Gasteiger partial charge is 0.330 e. The minimum atomic E-state index is -1.42. The largest absolute Gasteiger partial charge is 0.466 e. The summed E-state index contributed by atoms with van der Waals surface area (Å²) in [7, 11) is 1.35. The molecule has 0 aliphatic heterocycles. The first kappa shape index (κ1) is 20.6. The molecule has 1 aromatic heterocycles. The van der Waals surface area contributed by atoms with Crippen molar-refractivity contribution in [1.82, 2.24) is 9.55 Å². The highest BCUT2D eigenvalue weighted by Gasteiger charge is 2.38. The van der Waals surface area contributed by atoms with Gasteiger partial charge in [0, 0.05) is 12.6 Å². The van der Waals surface area contributed by atoms with Gasteiger partial charge < -0.3 is 14.4 Å². The van der Waals surface area contributed by atoms with Crippen LogP contribution in [0.4, 0.5) is 0 Å². The molecule has 0 unspecified atom stereocenters. The third kappa shape index (κ3) is 3.76. The van der Waals surface area contributed by atoms with Crippen LogP contribution in [0.25, 0.3) is 17.1 Å². The maximum absolute atomic E-state index is 12.2. The first-order valence-electron chi connectivity index (χ1n) is 10.2. The van der Waals surface area contributed by atoms with Crippen molar-refractivity contribution < 1.29 is 14.6 Å². The summed E-state index contributed by atoms with van der Waals surface area (Å²) in [4.78, 5) is 16.3. The molecule has 31 heavy (non-hydrogen) atoms. The average molecular weight is 412 g/mol. The number of aryl methyl sites for hydroxylation is 1. The average Bonchev–Trinajstić information content (AvgIpc) is 3.21. The molecule has 0 spiro atoms. The van der Waals surface area contributed by atoms with Gasteiger partial charge in [0.2, 0.25) is 0 Å². The normalized spacial score (nSPS) is 11.8. The number of fused-ring (bicyclic) bond motifs is 1. The molecule has 0 saturated heterocycles. The van der Waals surface area contributed by atoms with Crippen LogP contribution in [0.3, 0.4) is 0 Å². The Morgan fingerprint density at radius 3 is 2.19 bits per heavy atom. The molecule has 3 aromatic carbocycles. The van der Waals surface area contributed by atoms with Crippen molar-refractivity contribution in [1.29, 1.82) is 0 Å². The monoisotopic (exact) mass is 412 g/mol. The second-order valence-electron chi connectivity index (χ2n) is 7.23. The Morgan fingerprint density at radius 2 is 1.65 bits per heavy atom. The minimum Gasteiger partial charge on any atom is -0.466 e. The Kier molecular flexibility index (Phi) is 5.69. The van der Waals surface area contributed by atoms with Crippen molar-refractivity contribution in [2.24, 2.45) is 0 Å². The van der Waals surface area contributed by atoms with Crippen molar-refractivity contribution in [3.63, 3.8) is 0 Å². The van der Waals surface area contributed by atoms with Gasteiger partial charge in [-0.15, -0.1) is 0 Å². The number of nitrogens with zero attached hydrogens (tertiary/aromatic N) is 2. The van der Waals surface area contributed by atoms with Crippen LogP contribution in [0.2, 0.25) is 0 Å². The summed E-state index contributed by atoms with van der Waals surface area (Å²) in [5.41, 5.74) is 2.59. The van der Waals surface area contributed by atoms with E-state index in [1.165, 1.54) is 13.2 Å². The minimum absolute atomic E-state index is 0.410. The number of hydrogen-bond acceptors (Lipinski definition) is 4. The number of esters is 1. The highest BCUT2D eigenvalue weighted by molar-refractivity contribution is 5.88. The predicted octanol–water partition coefficient (Wildman–Crippen LogP) is 4.53. The number of aromatic nitrogens is 2. The van der Waals surface area contributed by atoms with Crippen LogP contribution in [0, 0.1) is 0 Å². The zero-order chi connectivity index (χ0) is 21.8. The summed E-state index contributed by atoms with van der Waals surface area (Å²) >= 11 is 0. The van der Waals surface area contributed by atoms with Gasteiger partial charge in [-0.1, -0.05) is 66.7 Å². The number of carbonyl (C=O) groups excluding carboxylic acids is 1. The fourth-order valence-electron chi connectivity index (χ4n) is 3.86. The first-order valence-corrected chi connectivity index (χ1v) is 10.2. The van der Waals surface area contributed by atoms with Crippen molar-refractivity contribution in [3.05, 3.63) is 107 Å². The molecule has 0 fully saturated rings. The molecule has 0 aliphatic rings. The van der Waals surface area contributed by atoms with Gasteiger partial charge in [0.05, 0.1) is 18.1 Å². The van der Waals surface area contributed by atoms with Crippen LogP contribution < -0.4 is 0 Å². The fraction of sp³-hybridized carbons (Fsp3) is 0.154. The van der Waals surface area contributed by atoms with E-state index in [2.05, 4.69) is 4.74 Å². The van der Waals surface area contributed by atoms with Crippen LogP contribution in [-0.4, -0.2) is 27.7 Å². The fourth-order valence-corrected chi connectivity index (χ4v) is 3.86. The van der Waals surface area contributed by atoms with Crippen molar-refractivity contribution in [2.45, 2.75) is 19.1 Å². The number of rotatable bonds is 6. The molecular formula is C26H24N2O3. The molecule has 0 radical (unpaired) electrons. The second-order valence-corrected chi connectivity index (χ2v) is 7.23. The van der Waals surface area contributed by atoms with Crippen LogP contribution >= 0.6 is 0 Å². The van der Waals surface area contributed by atoms with Gasteiger partial charge in [-0.05, 0) is 41.8 Å². The van der Waals surface area contributed by atoms with Crippen LogP contribution in [0.5, 0.6) is 0 Å². The number of carbonyl (C=O) groups is 1. The Morgan fingerprint density at radius 1 is 1.03 bits per heavy atom. The maximum atomic E-state index is 12.2. The van der Waals surface area contributed by atoms with Gasteiger partial charge in [0.25, 0.3) is 0 Å². The highest BCUT2D eigenvalue weighted by Crippen LogP contribution is 2.37. The quantitative estimate of drug-likeness (QED) is 0.373. The van der Waals surface area contributed by atoms with E-state index in [-0.39, 0.29) is 0 Å². The lowest BCUT2D eigenvalue weighted by Gasteiger charge is -2.29. The number of methoxy groups -OCH3 is 1. The van der Waals surface area contributed by atoms with E-state index in [1.54, 1.807) is 6.08 Å². The molecule has 0 amide bonds. The lowest BCUT2D eigenvalue weighted by atomic mass is 9.85. The Bertz CT molecular complexity index is 1190. The standard InChI is InChI=1S/C26H24N2O3/c1-3-28-23-18-19(15-17-24(29)31-2)14-16-22(23)27-25(28)26(30,20-10-6-4-7-11-20)21-12-8-5-9-13-21/h4-18,30H,3H2,1-2H3/b17-15+. The summed E-state index contributed by atoms with van der Waals surface area (Å²) in [5, 5.41) is 12.2.